The van der Waals surface area contributed by atoms with Gasteiger partial charge in [0.1, 0.15) is 6.26 Å². The molecule has 2 fully saturated rings. The van der Waals surface area contributed by atoms with Gasteiger partial charge in [-0.25, -0.2) is 4.79 Å². The molecule has 2 aliphatic rings. The molecule has 1 aromatic heterocycles. The molecule has 1 aromatic rings. The first-order valence-electron chi connectivity index (χ1n) is 7.21. The molecule has 0 unspecified atom stereocenters. The number of carboxylic acid groups (broad SMARTS) is 1. The fraction of sp³-hybridized carbons (Fsp3) is 0.571. The smallest absolute Gasteiger partial charge is 0.475 e. The number of furan rings is 1. The molecular formula is C14H16BrF3N2O4. The van der Waals surface area contributed by atoms with Gasteiger partial charge in [0.05, 0.1) is 4.47 Å². The van der Waals surface area contributed by atoms with Crippen LogP contribution in [0, 0.1) is 11.8 Å². The van der Waals surface area contributed by atoms with Gasteiger partial charge in [0, 0.05) is 19.2 Å². The van der Waals surface area contributed by atoms with E-state index in [1.54, 1.807) is 12.3 Å². The SMILES string of the molecule is O=C(O)C(F)(F)F.O=C(c1cc(Br)co1)N1C[C@@H]2CNC[C@@H](C2)C1. The third-order valence-electron chi connectivity index (χ3n) is 3.80. The van der Waals surface area contributed by atoms with Gasteiger partial charge in [0.2, 0.25) is 0 Å². The average molecular weight is 413 g/mol. The highest BCUT2D eigenvalue weighted by Crippen LogP contribution is 2.26. The number of nitrogens with zero attached hydrogens (tertiary/aromatic N) is 1. The second-order valence-corrected chi connectivity index (χ2v) is 6.68. The van der Waals surface area contributed by atoms with Crippen molar-refractivity contribution in [3.63, 3.8) is 0 Å². The third kappa shape index (κ3) is 4.97. The fourth-order valence-corrected chi connectivity index (χ4v) is 3.15. The molecule has 3 heterocycles. The lowest BCUT2D eigenvalue weighted by Crippen LogP contribution is -2.52. The van der Waals surface area contributed by atoms with Gasteiger partial charge in [-0.2, -0.15) is 13.2 Å². The molecule has 0 saturated carbocycles. The number of carbonyl (C=O) groups excluding carboxylic acids is 1. The summed E-state index contributed by atoms with van der Waals surface area (Å²) >= 11 is 3.30. The van der Waals surface area contributed by atoms with Gasteiger partial charge in [-0.15, -0.1) is 0 Å². The van der Waals surface area contributed by atoms with Crippen molar-refractivity contribution in [2.24, 2.45) is 11.8 Å². The van der Waals surface area contributed by atoms with Crippen LogP contribution in [0.3, 0.4) is 0 Å². The van der Waals surface area contributed by atoms with Gasteiger partial charge in [-0.3, -0.25) is 4.79 Å². The van der Waals surface area contributed by atoms with Gasteiger partial charge in [0.25, 0.3) is 5.91 Å². The van der Waals surface area contributed by atoms with E-state index in [-0.39, 0.29) is 5.91 Å². The number of nitrogens with one attached hydrogen (secondary N) is 1. The Balaban J connectivity index is 0.000000256. The Morgan fingerprint density at radius 3 is 2.25 bits per heavy atom. The zero-order valence-corrected chi connectivity index (χ0v) is 14.1. The normalized spacial score (nSPS) is 23.2. The van der Waals surface area contributed by atoms with E-state index < -0.39 is 12.1 Å². The van der Waals surface area contributed by atoms with Crippen molar-refractivity contribution in [1.29, 1.82) is 0 Å². The van der Waals surface area contributed by atoms with E-state index in [0.29, 0.717) is 17.6 Å². The molecule has 0 spiro atoms. The monoisotopic (exact) mass is 412 g/mol. The van der Waals surface area contributed by atoms with Crippen LogP contribution in [0.5, 0.6) is 0 Å². The third-order valence-corrected chi connectivity index (χ3v) is 4.21. The second-order valence-electron chi connectivity index (χ2n) is 5.77. The average Bonchev–Trinajstić information content (AvgIpc) is 2.92. The van der Waals surface area contributed by atoms with Crippen LogP contribution >= 0.6 is 15.9 Å². The largest absolute Gasteiger partial charge is 0.490 e. The quantitative estimate of drug-likeness (QED) is 0.739. The highest BCUT2D eigenvalue weighted by molar-refractivity contribution is 9.10. The van der Waals surface area contributed by atoms with E-state index in [9.17, 15) is 18.0 Å². The van der Waals surface area contributed by atoms with Crippen LogP contribution in [-0.4, -0.2) is 54.2 Å². The molecule has 2 saturated heterocycles. The van der Waals surface area contributed by atoms with Gasteiger partial charge in [0.15, 0.2) is 5.76 Å². The summed E-state index contributed by atoms with van der Waals surface area (Å²) < 4.78 is 37.8. The molecule has 0 aromatic carbocycles. The summed E-state index contributed by atoms with van der Waals surface area (Å²) in [5.74, 6) is -1.10. The molecule has 2 aliphatic heterocycles. The van der Waals surface area contributed by atoms with E-state index in [0.717, 1.165) is 30.7 Å². The van der Waals surface area contributed by atoms with Crippen molar-refractivity contribution in [2.75, 3.05) is 26.2 Å². The van der Waals surface area contributed by atoms with Gasteiger partial charge in [-0.1, -0.05) is 0 Å². The Labute approximate surface area is 144 Å². The van der Waals surface area contributed by atoms with Crippen molar-refractivity contribution in [2.45, 2.75) is 12.6 Å². The van der Waals surface area contributed by atoms with Crippen molar-refractivity contribution in [3.05, 3.63) is 22.6 Å². The number of hydrogen-bond donors (Lipinski definition) is 2. The Kier molecular flexibility index (Phi) is 5.92. The fourth-order valence-electron chi connectivity index (χ4n) is 2.85. The molecule has 0 radical (unpaired) electrons. The number of aliphatic carboxylic acids is 1. The number of amides is 1. The van der Waals surface area contributed by atoms with Crippen LogP contribution in [0.4, 0.5) is 13.2 Å². The number of carboxylic acids is 1. The summed E-state index contributed by atoms with van der Waals surface area (Å²) in [6, 6.07) is 1.74. The minimum Gasteiger partial charge on any atom is -0.475 e. The van der Waals surface area contributed by atoms with Crippen molar-refractivity contribution in [3.8, 4) is 0 Å². The summed E-state index contributed by atoms with van der Waals surface area (Å²) in [7, 11) is 0. The lowest BCUT2D eigenvalue weighted by atomic mass is 9.86. The summed E-state index contributed by atoms with van der Waals surface area (Å²) in [5.41, 5.74) is 0. The zero-order valence-electron chi connectivity index (χ0n) is 12.5. The number of rotatable bonds is 1. The first-order valence-corrected chi connectivity index (χ1v) is 8.00. The minimum atomic E-state index is -5.08. The maximum absolute atomic E-state index is 12.2. The van der Waals surface area contributed by atoms with Crippen LogP contribution in [0.1, 0.15) is 17.0 Å². The van der Waals surface area contributed by atoms with Crippen LogP contribution in [0.15, 0.2) is 21.2 Å². The molecule has 2 N–H and O–H groups in total. The highest BCUT2D eigenvalue weighted by atomic mass is 79.9. The van der Waals surface area contributed by atoms with Gasteiger partial charge < -0.3 is 19.7 Å². The number of halogens is 4. The number of carbonyl (C=O) groups is 2. The van der Waals surface area contributed by atoms with Crippen LogP contribution in [-0.2, 0) is 4.79 Å². The Bertz CT molecular complexity index is 593. The molecule has 3 rings (SSSR count). The topological polar surface area (TPSA) is 82.8 Å². The predicted molar refractivity (Wildman–Crippen MR) is 80.5 cm³/mol. The molecule has 134 valence electrons. The maximum Gasteiger partial charge on any atom is 0.490 e. The van der Waals surface area contributed by atoms with Crippen molar-refractivity contribution in [1.82, 2.24) is 10.2 Å². The van der Waals surface area contributed by atoms with Crippen LogP contribution in [0.25, 0.3) is 0 Å². The molecule has 0 aliphatic carbocycles. The number of likely N-dealkylation sites (tertiary alicyclic amines) is 1. The van der Waals surface area contributed by atoms with E-state index in [2.05, 4.69) is 21.2 Å². The van der Waals surface area contributed by atoms with E-state index in [1.807, 2.05) is 4.90 Å². The molecule has 24 heavy (non-hydrogen) atoms. The van der Waals surface area contributed by atoms with Crippen LogP contribution in [0.2, 0.25) is 0 Å². The molecule has 6 nitrogen and oxygen atoms in total. The van der Waals surface area contributed by atoms with Crippen molar-refractivity contribution >= 4 is 27.8 Å². The highest BCUT2D eigenvalue weighted by Gasteiger charge is 2.38. The van der Waals surface area contributed by atoms with Crippen LogP contribution < -0.4 is 5.32 Å². The maximum atomic E-state index is 12.2. The van der Waals surface area contributed by atoms with Gasteiger partial charge in [-0.05, 0) is 47.3 Å². The summed E-state index contributed by atoms with van der Waals surface area (Å²) in [5, 5.41) is 10.5. The molecule has 10 heteroatoms. The van der Waals surface area contributed by atoms with Crippen molar-refractivity contribution < 1.29 is 32.3 Å². The number of alkyl halides is 3. The first kappa shape index (κ1) is 18.8. The standard InChI is InChI=1S/C12H15BrN2O2.C2HF3O2/c13-10-2-11(17-7-10)12(16)15-5-8-1-9(6-15)4-14-3-8;3-2(4,5)1(6)7/h2,7-9,14H,1,3-6H2;(H,6,7)/t8-,9+;. The summed E-state index contributed by atoms with van der Waals surface area (Å²) in [4.78, 5) is 23.1. The number of hydrogen-bond acceptors (Lipinski definition) is 4. The Morgan fingerprint density at radius 2 is 1.83 bits per heavy atom. The number of piperidine rings is 2. The molecule has 2 bridgehead atoms. The second kappa shape index (κ2) is 7.56. The van der Waals surface area contributed by atoms with Gasteiger partial charge >= 0.3 is 12.1 Å². The summed E-state index contributed by atoms with van der Waals surface area (Å²) in [6.07, 6.45) is -2.28. The minimum absolute atomic E-state index is 0.0206. The molecule has 1 amide bonds. The summed E-state index contributed by atoms with van der Waals surface area (Å²) in [6.45, 7) is 3.76. The predicted octanol–water partition coefficient (Wildman–Crippen LogP) is 2.36. The van der Waals surface area contributed by atoms with E-state index >= 15 is 0 Å². The molecule has 2 atom stereocenters. The zero-order chi connectivity index (χ0) is 17.9. The molecular weight excluding hydrogens is 397 g/mol. The lowest BCUT2D eigenvalue weighted by Gasteiger charge is -2.41. The van der Waals surface area contributed by atoms with E-state index in [4.69, 9.17) is 14.3 Å². The lowest BCUT2D eigenvalue weighted by molar-refractivity contribution is -0.192. The first-order chi connectivity index (χ1) is 11.2. The van der Waals surface area contributed by atoms with E-state index in [1.165, 1.54) is 6.42 Å². The Morgan fingerprint density at radius 1 is 1.29 bits per heavy atom. The number of fused-ring (bicyclic) bond motifs is 2. The Hall–Kier alpha value is -1.55.